The van der Waals surface area contributed by atoms with Crippen molar-refractivity contribution in [1.82, 2.24) is 20.6 Å². The van der Waals surface area contributed by atoms with E-state index in [0.717, 1.165) is 35.5 Å². The van der Waals surface area contributed by atoms with Crippen molar-refractivity contribution >= 4 is 28.9 Å². The maximum atomic E-state index is 12.9. The molecular formula is C26H26ClN5O2. The van der Waals surface area contributed by atoms with Gasteiger partial charge in [0.1, 0.15) is 0 Å². The zero-order valence-electron chi connectivity index (χ0n) is 18.9. The van der Waals surface area contributed by atoms with Crippen LogP contribution in [0.5, 0.6) is 5.75 Å². The van der Waals surface area contributed by atoms with E-state index in [4.69, 9.17) is 16.3 Å². The third kappa shape index (κ3) is 4.35. The zero-order valence-corrected chi connectivity index (χ0v) is 19.7. The molecule has 0 bridgehead atoms. The normalized spacial score (nSPS) is 17.2. The lowest BCUT2D eigenvalue weighted by molar-refractivity contribution is 0.0947. The number of rotatable bonds is 4. The highest BCUT2D eigenvalue weighted by Gasteiger charge is 2.28. The van der Waals surface area contributed by atoms with Gasteiger partial charge in [-0.2, -0.15) is 0 Å². The molecule has 3 aromatic rings. The van der Waals surface area contributed by atoms with Crippen molar-refractivity contribution in [1.29, 1.82) is 0 Å². The average molecular weight is 476 g/mol. The van der Waals surface area contributed by atoms with Gasteiger partial charge in [-0.25, -0.2) is 0 Å². The minimum atomic E-state index is -0.125. The number of methoxy groups -OCH3 is 1. The highest BCUT2D eigenvalue weighted by molar-refractivity contribution is 6.32. The Kier molecular flexibility index (Phi) is 6.43. The number of para-hydroxylation sites is 1. The number of fused-ring (bicyclic) bond motifs is 1. The third-order valence-electron chi connectivity index (χ3n) is 6.18. The van der Waals surface area contributed by atoms with E-state index in [1.807, 2.05) is 18.2 Å². The summed E-state index contributed by atoms with van der Waals surface area (Å²) in [5.41, 5.74) is 5.27. The molecule has 1 aromatic carbocycles. The van der Waals surface area contributed by atoms with E-state index in [2.05, 4.69) is 37.8 Å². The van der Waals surface area contributed by atoms with Crippen LogP contribution in [0.15, 0.2) is 36.7 Å². The fourth-order valence-electron chi connectivity index (χ4n) is 4.51. The molecule has 2 aromatic heterocycles. The van der Waals surface area contributed by atoms with Gasteiger partial charge >= 0.3 is 0 Å². The van der Waals surface area contributed by atoms with E-state index in [1.54, 1.807) is 25.6 Å². The highest BCUT2D eigenvalue weighted by atomic mass is 35.5. The van der Waals surface area contributed by atoms with E-state index >= 15 is 0 Å². The number of halogens is 1. The van der Waals surface area contributed by atoms with Crippen molar-refractivity contribution in [2.24, 2.45) is 0 Å². The molecule has 4 heterocycles. The van der Waals surface area contributed by atoms with E-state index in [0.29, 0.717) is 40.7 Å². The fourth-order valence-corrected chi connectivity index (χ4v) is 4.76. The Balaban J connectivity index is 1.62. The maximum Gasteiger partial charge on any atom is 0.255 e. The molecule has 34 heavy (non-hydrogen) atoms. The van der Waals surface area contributed by atoms with Crippen molar-refractivity contribution in [3.8, 4) is 28.8 Å². The Morgan fingerprint density at radius 1 is 1.24 bits per heavy atom. The molecule has 0 saturated carbocycles. The van der Waals surface area contributed by atoms with Crippen LogP contribution in [0.3, 0.4) is 0 Å². The van der Waals surface area contributed by atoms with Gasteiger partial charge in [-0.1, -0.05) is 29.5 Å². The summed E-state index contributed by atoms with van der Waals surface area (Å²) >= 11 is 6.35. The van der Waals surface area contributed by atoms with Crippen molar-refractivity contribution in [3.05, 3.63) is 58.5 Å². The van der Waals surface area contributed by atoms with E-state index in [9.17, 15) is 4.79 Å². The molecule has 5 rings (SSSR count). The van der Waals surface area contributed by atoms with Gasteiger partial charge in [-0.05, 0) is 44.0 Å². The van der Waals surface area contributed by atoms with Crippen LogP contribution in [0.25, 0.3) is 11.3 Å². The monoisotopic (exact) mass is 475 g/mol. The molecule has 1 unspecified atom stereocenters. The molecule has 2 aliphatic rings. The van der Waals surface area contributed by atoms with Crippen LogP contribution in [-0.4, -0.2) is 42.1 Å². The van der Waals surface area contributed by atoms with Gasteiger partial charge in [0.25, 0.3) is 5.91 Å². The number of nitrogens with one attached hydrogen (secondary N) is 4. The maximum absolute atomic E-state index is 12.9. The molecule has 0 aliphatic carbocycles. The van der Waals surface area contributed by atoms with Crippen molar-refractivity contribution < 1.29 is 9.53 Å². The molecule has 0 spiro atoms. The van der Waals surface area contributed by atoms with Gasteiger partial charge in [0.2, 0.25) is 0 Å². The molecular weight excluding hydrogens is 450 g/mol. The van der Waals surface area contributed by atoms with Crippen LogP contribution in [0.1, 0.15) is 40.9 Å². The van der Waals surface area contributed by atoms with E-state index in [1.165, 1.54) is 12.8 Å². The SMILES string of the molecule is COc1c(Cl)cccc1Nc1c(-c2ccncc2C#CC2CCCCN2)[nH]c2c1C(=O)NCC2. The van der Waals surface area contributed by atoms with Crippen LogP contribution in [0.4, 0.5) is 11.4 Å². The predicted octanol–water partition coefficient (Wildman–Crippen LogP) is 4.26. The van der Waals surface area contributed by atoms with Crippen LogP contribution in [0, 0.1) is 11.8 Å². The highest BCUT2D eigenvalue weighted by Crippen LogP contribution is 2.41. The summed E-state index contributed by atoms with van der Waals surface area (Å²) in [7, 11) is 1.57. The number of anilines is 2. The molecule has 4 N–H and O–H groups in total. The first-order valence-electron chi connectivity index (χ1n) is 11.5. The fraction of sp³-hybridized carbons (Fsp3) is 0.308. The van der Waals surface area contributed by atoms with Crippen LogP contribution < -0.4 is 20.7 Å². The van der Waals surface area contributed by atoms with E-state index < -0.39 is 0 Å². The first-order chi connectivity index (χ1) is 16.7. The van der Waals surface area contributed by atoms with Crippen LogP contribution in [0.2, 0.25) is 5.02 Å². The number of hydrogen-bond acceptors (Lipinski definition) is 5. The number of amides is 1. The van der Waals surface area contributed by atoms with Gasteiger partial charge in [0.15, 0.2) is 5.75 Å². The van der Waals surface area contributed by atoms with Gasteiger partial charge in [-0.3, -0.25) is 9.78 Å². The minimum absolute atomic E-state index is 0.125. The number of aromatic amines is 1. The topological polar surface area (TPSA) is 91.1 Å². The molecule has 8 heteroatoms. The smallest absolute Gasteiger partial charge is 0.255 e. The number of nitrogens with zero attached hydrogens (tertiary/aromatic N) is 1. The van der Waals surface area contributed by atoms with Gasteiger partial charge in [-0.15, -0.1) is 0 Å². The van der Waals surface area contributed by atoms with Gasteiger partial charge < -0.3 is 25.7 Å². The van der Waals surface area contributed by atoms with Crippen molar-refractivity contribution in [2.75, 3.05) is 25.5 Å². The standard InChI is InChI=1S/C26H26ClN5O2/c1-34-25-19(27)6-4-7-21(25)32-24-22-20(11-14-30-26(22)33)31-23(24)18-10-13-28-15-16(18)8-9-17-5-2-3-12-29-17/h4,6-7,10,13,15,17,29,31-32H,2-3,5,11-12,14H2,1H3,(H,30,33). The first kappa shape index (κ1) is 22.3. The summed E-state index contributed by atoms with van der Waals surface area (Å²) in [5, 5.41) is 10.3. The van der Waals surface area contributed by atoms with E-state index in [-0.39, 0.29) is 11.9 Å². The number of pyridine rings is 1. The summed E-state index contributed by atoms with van der Waals surface area (Å²) in [5.74, 6) is 7.08. The Morgan fingerprint density at radius 3 is 2.97 bits per heavy atom. The number of carbonyl (C=O) groups excluding carboxylic acids is 1. The summed E-state index contributed by atoms with van der Waals surface area (Å²) in [6.45, 7) is 1.58. The first-order valence-corrected chi connectivity index (χ1v) is 11.9. The predicted molar refractivity (Wildman–Crippen MR) is 134 cm³/mol. The number of aromatic nitrogens is 2. The summed E-state index contributed by atoms with van der Waals surface area (Å²) in [4.78, 5) is 20.7. The Hall–Kier alpha value is -3.47. The zero-order chi connectivity index (χ0) is 23.5. The van der Waals surface area contributed by atoms with Crippen LogP contribution in [-0.2, 0) is 6.42 Å². The lowest BCUT2D eigenvalue weighted by Gasteiger charge is -2.18. The van der Waals surface area contributed by atoms with Crippen molar-refractivity contribution in [2.45, 2.75) is 31.7 Å². The quantitative estimate of drug-likeness (QED) is 0.423. The summed E-state index contributed by atoms with van der Waals surface area (Å²) < 4.78 is 5.53. The number of hydrogen-bond donors (Lipinski definition) is 4. The Bertz CT molecular complexity index is 1280. The van der Waals surface area contributed by atoms with Gasteiger partial charge in [0.05, 0.1) is 46.4 Å². The Morgan fingerprint density at radius 2 is 2.15 bits per heavy atom. The number of benzene rings is 1. The molecule has 1 atom stereocenters. The summed E-state index contributed by atoms with van der Waals surface area (Å²) in [6.07, 6.45) is 7.63. The largest absolute Gasteiger partial charge is 0.493 e. The lowest BCUT2D eigenvalue weighted by atomic mass is 10.0. The minimum Gasteiger partial charge on any atom is -0.493 e. The average Bonchev–Trinajstić information content (AvgIpc) is 3.23. The van der Waals surface area contributed by atoms with Crippen LogP contribution >= 0.6 is 11.6 Å². The second kappa shape index (κ2) is 9.80. The second-order valence-corrected chi connectivity index (χ2v) is 8.78. The van der Waals surface area contributed by atoms with Crippen molar-refractivity contribution in [3.63, 3.8) is 0 Å². The molecule has 1 saturated heterocycles. The third-order valence-corrected chi connectivity index (χ3v) is 6.48. The molecule has 2 aliphatic heterocycles. The second-order valence-electron chi connectivity index (χ2n) is 8.37. The molecule has 7 nitrogen and oxygen atoms in total. The van der Waals surface area contributed by atoms with Gasteiger partial charge in [0, 0.05) is 36.6 Å². The molecule has 174 valence electrons. The number of ether oxygens (including phenoxy) is 1. The number of H-pyrrole nitrogens is 1. The number of carbonyl (C=O) groups is 1. The number of piperidine rings is 1. The Labute approximate surface area is 203 Å². The molecule has 1 amide bonds. The molecule has 1 fully saturated rings. The molecule has 0 radical (unpaired) electrons. The lowest BCUT2D eigenvalue weighted by Crippen LogP contribution is -2.32. The summed E-state index contributed by atoms with van der Waals surface area (Å²) in [6, 6.07) is 7.58.